The summed E-state index contributed by atoms with van der Waals surface area (Å²) in [5.74, 6) is -0.224. The van der Waals surface area contributed by atoms with Gasteiger partial charge in [-0.1, -0.05) is 66.2 Å². The molecule has 3 aromatic carbocycles. The lowest BCUT2D eigenvalue weighted by Gasteiger charge is -2.20. The highest BCUT2D eigenvalue weighted by atomic mass is 35.5. The van der Waals surface area contributed by atoms with E-state index < -0.39 is 0 Å². The third-order valence-electron chi connectivity index (χ3n) is 4.62. The van der Waals surface area contributed by atoms with Crippen molar-refractivity contribution in [2.45, 2.75) is 25.9 Å². The van der Waals surface area contributed by atoms with E-state index in [2.05, 4.69) is 10.6 Å². The lowest BCUT2D eigenvalue weighted by Crippen LogP contribution is -2.30. The number of benzene rings is 3. The highest BCUT2D eigenvalue weighted by molar-refractivity contribution is 6.30. The molecule has 0 saturated carbocycles. The summed E-state index contributed by atoms with van der Waals surface area (Å²) in [5, 5.41) is 6.58. The fourth-order valence-electron chi connectivity index (χ4n) is 3.04. The van der Waals surface area contributed by atoms with Gasteiger partial charge < -0.3 is 10.6 Å². The van der Waals surface area contributed by atoms with Crippen LogP contribution < -0.4 is 10.6 Å². The average molecular weight is 407 g/mol. The minimum absolute atomic E-state index is 0.0836. The summed E-state index contributed by atoms with van der Waals surface area (Å²) in [5.41, 5.74) is 3.65. The van der Waals surface area contributed by atoms with Crippen LogP contribution in [0.15, 0.2) is 78.9 Å². The first-order valence-electron chi connectivity index (χ1n) is 9.45. The number of hydrogen-bond acceptors (Lipinski definition) is 2. The van der Waals surface area contributed by atoms with E-state index in [1.165, 1.54) is 6.92 Å². The first-order valence-corrected chi connectivity index (χ1v) is 9.82. The zero-order chi connectivity index (χ0) is 20.6. The first kappa shape index (κ1) is 20.6. The van der Waals surface area contributed by atoms with E-state index >= 15 is 0 Å². The molecule has 0 radical (unpaired) electrons. The van der Waals surface area contributed by atoms with Crippen molar-refractivity contribution in [3.8, 4) is 0 Å². The van der Waals surface area contributed by atoms with Gasteiger partial charge in [-0.25, -0.2) is 0 Å². The second-order valence-electron chi connectivity index (χ2n) is 6.87. The summed E-state index contributed by atoms with van der Waals surface area (Å²) in [4.78, 5) is 23.9. The Balaban J connectivity index is 1.73. The Hall–Kier alpha value is -3.11. The van der Waals surface area contributed by atoms with Crippen LogP contribution in [0.5, 0.6) is 0 Å². The van der Waals surface area contributed by atoms with Gasteiger partial charge in [-0.05, 0) is 47.4 Å². The number of carbonyl (C=O) groups excluding carboxylic acids is 2. The van der Waals surface area contributed by atoms with E-state index in [0.717, 1.165) is 16.7 Å². The summed E-state index contributed by atoms with van der Waals surface area (Å²) in [6.07, 6.45) is 0.660. The number of carbonyl (C=O) groups is 2. The molecule has 3 aromatic rings. The summed E-state index contributed by atoms with van der Waals surface area (Å²) in [6.45, 7) is 1.92. The lowest BCUT2D eigenvalue weighted by molar-refractivity contribution is -0.119. The molecule has 3 rings (SSSR count). The fourth-order valence-corrected chi connectivity index (χ4v) is 3.16. The molecule has 148 valence electrons. The van der Waals surface area contributed by atoms with Gasteiger partial charge in [0.15, 0.2) is 0 Å². The van der Waals surface area contributed by atoms with E-state index in [-0.39, 0.29) is 17.9 Å². The molecule has 1 unspecified atom stereocenters. The molecule has 1 atom stereocenters. The SMILES string of the molecule is CC(=O)NCc1ccc(C(=O)NC(Cc2ccc(Cl)cc2)c2ccccc2)cc1. The van der Waals surface area contributed by atoms with Crippen molar-refractivity contribution >= 4 is 23.4 Å². The zero-order valence-electron chi connectivity index (χ0n) is 16.2. The third kappa shape index (κ3) is 6.19. The molecule has 4 nitrogen and oxygen atoms in total. The van der Waals surface area contributed by atoms with Crippen molar-refractivity contribution in [2.75, 3.05) is 0 Å². The first-order chi connectivity index (χ1) is 14.0. The van der Waals surface area contributed by atoms with Gasteiger partial charge in [0.1, 0.15) is 0 Å². The van der Waals surface area contributed by atoms with E-state index in [1.54, 1.807) is 12.1 Å². The van der Waals surface area contributed by atoms with Crippen LogP contribution in [-0.2, 0) is 17.8 Å². The fraction of sp³-hybridized carbons (Fsp3) is 0.167. The minimum Gasteiger partial charge on any atom is -0.352 e. The van der Waals surface area contributed by atoms with Crippen LogP contribution in [-0.4, -0.2) is 11.8 Å². The zero-order valence-corrected chi connectivity index (χ0v) is 16.9. The number of nitrogens with one attached hydrogen (secondary N) is 2. The standard InChI is InChI=1S/C24H23ClN2O2/c1-17(28)26-16-19-7-11-21(12-8-19)24(29)27-23(20-5-3-2-4-6-20)15-18-9-13-22(25)14-10-18/h2-14,23H,15-16H2,1H3,(H,26,28)(H,27,29). The Morgan fingerprint density at radius 1 is 0.862 bits per heavy atom. The van der Waals surface area contributed by atoms with E-state index in [1.807, 2.05) is 66.7 Å². The lowest BCUT2D eigenvalue weighted by atomic mass is 9.98. The summed E-state index contributed by atoms with van der Waals surface area (Å²) < 4.78 is 0. The third-order valence-corrected chi connectivity index (χ3v) is 4.87. The van der Waals surface area contributed by atoms with Crippen LogP contribution in [0.2, 0.25) is 5.02 Å². The molecule has 0 spiro atoms. The van der Waals surface area contributed by atoms with Gasteiger partial charge in [0.2, 0.25) is 5.91 Å². The highest BCUT2D eigenvalue weighted by Crippen LogP contribution is 2.20. The molecule has 2 N–H and O–H groups in total. The van der Waals surface area contributed by atoms with E-state index in [0.29, 0.717) is 23.6 Å². The van der Waals surface area contributed by atoms with Gasteiger partial charge in [0, 0.05) is 24.1 Å². The molecule has 29 heavy (non-hydrogen) atoms. The van der Waals surface area contributed by atoms with Gasteiger partial charge >= 0.3 is 0 Å². The Morgan fingerprint density at radius 2 is 1.48 bits per heavy atom. The molecule has 0 aliphatic rings. The Morgan fingerprint density at radius 3 is 2.10 bits per heavy atom. The molecule has 0 bridgehead atoms. The largest absolute Gasteiger partial charge is 0.352 e. The molecular weight excluding hydrogens is 384 g/mol. The molecule has 5 heteroatoms. The second kappa shape index (κ2) is 9.89. The van der Waals surface area contributed by atoms with Gasteiger partial charge in [-0.15, -0.1) is 0 Å². The van der Waals surface area contributed by atoms with Crippen LogP contribution in [0, 0.1) is 0 Å². The summed E-state index contributed by atoms with van der Waals surface area (Å²) in [6, 6.07) is 24.7. The van der Waals surface area contributed by atoms with Crippen LogP contribution in [0.3, 0.4) is 0 Å². The monoisotopic (exact) mass is 406 g/mol. The van der Waals surface area contributed by atoms with Crippen LogP contribution in [0.25, 0.3) is 0 Å². The molecular formula is C24H23ClN2O2. The molecule has 0 heterocycles. The number of rotatable bonds is 7. The van der Waals surface area contributed by atoms with Crippen molar-refractivity contribution in [3.05, 3.63) is 106 Å². The molecule has 0 fully saturated rings. The minimum atomic E-state index is -0.163. The van der Waals surface area contributed by atoms with Crippen molar-refractivity contribution in [2.24, 2.45) is 0 Å². The van der Waals surface area contributed by atoms with Crippen molar-refractivity contribution in [3.63, 3.8) is 0 Å². The van der Waals surface area contributed by atoms with Gasteiger partial charge in [0.05, 0.1) is 6.04 Å². The maximum absolute atomic E-state index is 12.8. The summed E-state index contributed by atoms with van der Waals surface area (Å²) in [7, 11) is 0. The van der Waals surface area contributed by atoms with Gasteiger partial charge in [-0.3, -0.25) is 9.59 Å². The van der Waals surface area contributed by atoms with E-state index in [4.69, 9.17) is 11.6 Å². The molecule has 0 aliphatic carbocycles. The van der Waals surface area contributed by atoms with Crippen LogP contribution in [0.4, 0.5) is 0 Å². The predicted octanol–water partition coefficient (Wildman–Crippen LogP) is 4.69. The van der Waals surface area contributed by atoms with Crippen molar-refractivity contribution < 1.29 is 9.59 Å². The maximum Gasteiger partial charge on any atom is 0.251 e. The average Bonchev–Trinajstić information content (AvgIpc) is 2.74. The normalized spacial score (nSPS) is 11.5. The number of halogens is 1. The Labute approximate surface area is 175 Å². The summed E-state index contributed by atoms with van der Waals surface area (Å²) >= 11 is 5.99. The Kier molecular flexibility index (Phi) is 7.04. The topological polar surface area (TPSA) is 58.2 Å². The molecule has 0 aliphatic heterocycles. The number of hydrogen-bond donors (Lipinski definition) is 2. The van der Waals surface area contributed by atoms with Gasteiger partial charge in [-0.2, -0.15) is 0 Å². The molecule has 0 saturated heterocycles. The Bertz CT molecular complexity index is 954. The molecule has 0 aromatic heterocycles. The van der Waals surface area contributed by atoms with Crippen LogP contribution in [0.1, 0.15) is 40.0 Å². The maximum atomic E-state index is 12.8. The van der Waals surface area contributed by atoms with E-state index in [9.17, 15) is 9.59 Å². The number of amides is 2. The van der Waals surface area contributed by atoms with Gasteiger partial charge in [0.25, 0.3) is 5.91 Å². The molecule has 2 amide bonds. The van der Waals surface area contributed by atoms with Crippen molar-refractivity contribution in [1.29, 1.82) is 0 Å². The highest BCUT2D eigenvalue weighted by Gasteiger charge is 2.16. The van der Waals surface area contributed by atoms with Crippen molar-refractivity contribution in [1.82, 2.24) is 10.6 Å². The smallest absolute Gasteiger partial charge is 0.251 e. The quantitative estimate of drug-likeness (QED) is 0.598. The predicted molar refractivity (Wildman–Crippen MR) is 116 cm³/mol. The van der Waals surface area contributed by atoms with Crippen LogP contribution >= 0.6 is 11.6 Å². The second-order valence-corrected chi connectivity index (χ2v) is 7.31.